The molecule has 0 saturated carbocycles. The van der Waals surface area contributed by atoms with E-state index in [-0.39, 0.29) is 31.1 Å². The van der Waals surface area contributed by atoms with Crippen molar-refractivity contribution in [3.8, 4) is 11.8 Å². The normalized spacial score (nSPS) is 12.7. The fourth-order valence-corrected chi connectivity index (χ4v) is 7.47. The van der Waals surface area contributed by atoms with Crippen LogP contribution in [0.1, 0.15) is 97.1 Å². The average Bonchev–Trinajstić information content (AvgIpc) is 1.18. The van der Waals surface area contributed by atoms with E-state index in [4.69, 9.17) is 14.7 Å². The highest BCUT2D eigenvalue weighted by molar-refractivity contribution is 5.46. The highest BCUT2D eigenvalue weighted by Crippen LogP contribution is 2.37. The van der Waals surface area contributed by atoms with Crippen LogP contribution < -0.4 is 19.4 Å². The molecule has 10 rings (SSSR count). The van der Waals surface area contributed by atoms with Gasteiger partial charge in [0.05, 0.1) is 50.2 Å². The third-order valence-electron chi connectivity index (χ3n) is 13.4. The van der Waals surface area contributed by atoms with Gasteiger partial charge in [0.2, 0.25) is 0 Å². The predicted molar refractivity (Wildman–Crippen MR) is 334 cm³/mol. The molecular weight excluding hydrogens is 1160 g/mol. The Kier molecular flexibility index (Phi) is 30.0. The van der Waals surface area contributed by atoms with E-state index in [1.165, 1.54) is 61.3 Å². The molecule has 478 valence electrons. The largest absolute Gasteiger partial charge is 0.493 e. The summed E-state index contributed by atoms with van der Waals surface area (Å²) in [4.78, 5) is 41.7. The summed E-state index contributed by atoms with van der Waals surface area (Å²) in [5.41, 5.74) is 11.4. The second-order valence-electron chi connectivity index (χ2n) is 20.7. The lowest BCUT2D eigenvalue weighted by Crippen LogP contribution is -2.56. The van der Waals surface area contributed by atoms with Crippen molar-refractivity contribution in [3.63, 3.8) is 0 Å². The van der Waals surface area contributed by atoms with Crippen LogP contribution in [0.25, 0.3) is 0 Å². The maximum Gasteiger partial charge on any atom is 0.433 e. The van der Waals surface area contributed by atoms with Crippen LogP contribution in [0.3, 0.4) is 0 Å². The lowest BCUT2D eigenvalue weighted by Gasteiger charge is -2.39. The van der Waals surface area contributed by atoms with E-state index >= 15 is 0 Å². The molecule has 0 N–H and O–H groups in total. The molecule has 8 aromatic heterocycles. The number of nitrogens with zero attached hydrogens (tertiary/aromatic N) is 13. The van der Waals surface area contributed by atoms with Gasteiger partial charge in [0.25, 0.3) is 5.92 Å². The quantitative estimate of drug-likeness (QED) is 0.149. The summed E-state index contributed by atoms with van der Waals surface area (Å²) in [6.45, 7) is 29.7. The van der Waals surface area contributed by atoms with E-state index in [0.717, 1.165) is 89.3 Å². The van der Waals surface area contributed by atoms with Gasteiger partial charge in [0.15, 0.2) is 0 Å². The molecular formula is C66H81F8N13O2. The highest BCUT2D eigenvalue weighted by atomic mass is 19.4. The van der Waals surface area contributed by atoms with Gasteiger partial charge in [0, 0.05) is 91.8 Å². The van der Waals surface area contributed by atoms with Crippen molar-refractivity contribution < 1.29 is 44.6 Å². The number of pyridine rings is 7. The topological polar surface area (TPSA) is 168 Å². The Morgan fingerprint density at radius 2 is 1.09 bits per heavy atom. The summed E-state index contributed by atoms with van der Waals surface area (Å²) < 4.78 is 109. The zero-order valence-corrected chi connectivity index (χ0v) is 53.6. The zero-order valence-electron chi connectivity index (χ0n) is 53.6. The minimum atomic E-state index is -4.41. The SMILES string of the molecule is CCOc1ccnc(C)c1C(F)(F)F.Cc1ccc(N(C)C)nc1C.Cc1ccc(N2CC(F)(F)C2)nc1C.Cc1ccc(N2CCOCC2)nc1C.Cc1cccc(C(F)(F)F)n1.Cc1cccnc1C.Cc1ccncn1.Cc1nccc(C#N)c1C. The van der Waals surface area contributed by atoms with Gasteiger partial charge in [-0.1, -0.05) is 30.3 Å². The molecule has 0 amide bonds. The lowest BCUT2D eigenvalue weighted by atomic mass is 10.1. The zero-order chi connectivity index (χ0) is 66.6. The van der Waals surface area contributed by atoms with E-state index < -0.39 is 29.5 Å². The van der Waals surface area contributed by atoms with Crippen molar-refractivity contribution in [2.24, 2.45) is 0 Å². The Labute approximate surface area is 518 Å². The summed E-state index contributed by atoms with van der Waals surface area (Å²) in [5, 5.41) is 8.57. The number of morpholine rings is 1. The number of rotatable bonds is 5. The molecule has 0 radical (unpaired) electrons. The third-order valence-corrected chi connectivity index (χ3v) is 13.4. The van der Waals surface area contributed by atoms with E-state index in [9.17, 15) is 35.1 Å². The number of aryl methyl sites for hydroxylation is 12. The minimum absolute atomic E-state index is 0.0662. The first-order valence-corrected chi connectivity index (χ1v) is 28.3. The number of alkyl halides is 8. The van der Waals surface area contributed by atoms with Gasteiger partial charge in [0.1, 0.15) is 40.8 Å². The van der Waals surface area contributed by atoms with Gasteiger partial charge in [-0.05, 0) is 179 Å². The smallest absolute Gasteiger partial charge is 0.433 e. The number of nitriles is 1. The standard InChI is InChI=1S/C11H16N2O.C10H12F2N2.C9H10F3NO.C9H14N2.C8H8N2.C7H6F3N.C7H9N.C5H6N2/c1-9-3-4-11(12-10(9)2)13-5-7-14-8-6-13;1-7-3-4-9(13-8(7)2)14-5-10(11,12)6-14;1-3-14-7-4-5-13-6(2)8(7)9(10,11)12;1-7-5-6-9(11(3)4)10-8(7)2;1-6-7(2)10-4-3-8(6)5-9;1-5-3-2-4-6(11-5)7(8,9)10;1-6-4-3-5-8-7(6)2;1-5-2-3-6-4-7-5/h3-4H,5-8H2,1-2H3;3-4H,5-6H2,1-2H3;4-5H,3H2,1-2H3;5-6H,1-4H3;3-4H,1-2H3;2-4H,1H3;3-5H,1-2H3;2-4H,1H3. The molecule has 15 nitrogen and oxygen atoms in total. The molecule has 2 aliphatic heterocycles. The molecule has 0 bridgehead atoms. The summed E-state index contributed by atoms with van der Waals surface area (Å²) in [7, 11) is 3.99. The van der Waals surface area contributed by atoms with Crippen molar-refractivity contribution in [3.05, 3.63) is 206 Å². The van der Waals surface area contributed by atoms with E-state index in [0.29, 0.717) is 17.1 Å². The van der Waals surface area contributed by atoms with Gasteiger partial charge < -0.3 is 24.2 Å². The van der Waals surface area contributed by atoms with Crippen LogP contribution in [0, 0.1) is 101 Å². The van der Waals surface area contributed by atoms with Crippen molar-refractivity contribution in [2.75, 3.05) is 74.8 Å². The first-order chi connectivity index (χ1) is 41.8. The Morgan fingerprint density at radius 3 is 1.51 bits per heavy atom. The number of halogens is 8. The van der Waals surface area contributed by atoms with Crippen LogP contribution in [0.4, 0.5) is 52.6 Å². The second-order valence-corrected chi connectivity index (χ2v) is 20.7. The van der Waals surface area contributed by atoms with E-state index in [1.807, 2.05) is 97.9 Å². The van der Waals surface area contributed by atoms with Crippen molar-refractivity contribution >= 4 is 17.5 Å². The Hall–Kier alpha value is -8.78. The molecule has 23 heteroatoms. The molecule has 2 saturated heterocycles. The van der Waals surface area contributed by atoms with Crippen molar-refractivity contribution in [2.45, 2.75) is 115 Å². The highest BCUT2D eigenvalue weighted by Gasteiger charge is 2.44. The fraction of sp³-hybridized carbons (Fsp3) is 0.394. The van der Waals surface area contributed by atoms with Crippen LogP contribution in [0.2, 0.25) is 0 Å². The summed E-state index contributed by atoms with van der Waals surface area (Å²) in [6, 6.07) is 26.8. The van der Waals surface area contributed by atoms with E-state index in [1.54, 1.807) is 36.4 Å². The lowest BCUT2D eigenvalue weighted by molar-refractivity contribution is -0.141. The fourth-order valence-electron chi connectivity index (χ4n) is 7.47. The maximum absolute atomic E-state index is 12.6. The van der Waals surface area contributed by atoms with Crippen LogP contribution in [0.5, 0.6) is 5.75 Å². The Balaban J connectivity index is 0.000000268. The summed E-state index contributed by atoms with van der Waals surface area (Å²) in [5.74, 6) is 0.0662. The minimum Gasteiger partial charge on any atom is -0.493 e. The van der Waals surface area contributed by atoms with Gasteiger partial charge in [-0.3, -0.25) is 15.0 Å². The third kappa shape index (κ3) is 26.2. The van der Waals surface area contributed by atoms with Gasteiger partial charge in [-0.25, -0.2) is 38.7 Å². The molecule has 10 heterocycles. The van der Waals surface area contributed by atoms with Crippen molar-refractivity contribution in [1.82, 2.24) is 44.9 Å². The molecule has 0 unspecified atom stereocenters. The molecule has 0 aromatic carbocycles. The van der Waals surface area contributed by atoms with Crippen LogP contribution in [0.15, 0.2) is 116 Å². The molecule has 89 heavy (non-hydrogen) atoms. The number of anilines is 3. The first kappa shape index (κ1) is 74.5. The monoisotopic (exact) mass is 1240 g/mol. The molecule has 8 aromatic rings. The van der Waals surface area contributed by atoms with E-state index in [2.05, 4.69) is 108 Å². The predicted octanol–water partition coefficient (Wildman–Crippen LogP) is 14.7. The number of hydrogen-bond donors (Lipinski definition) is 0. The number of ether oxygens (including phenoxy) is 2. The Morgan fingerprint density at radius 1 is 0.551 bits per heavy atom. The number of hydrogen-bond acceptors (Lipinski definition) is 15. The molecule has 2 fully saturated rings. The summed E-state index contributed by atoms with van der Waals surface area (Å²) >= 11 is 0. The van der Waals surface area contributed by atoms with Crippen molar-refractivity contribution in [1.29, 1.82) is 5.26 Å². The molecule has 0 aliphatic carbocycles. The maximum atomic E-state index is 12.6. The second kappa shape index (κ2) is 35.9. The van der Waals surface area contributed by atoms with Crippen LogP contribution in [-0.4, -0.2) is 111 Å². The molecule has 0 spiro atoms. The number of aromatic nitrogens is 9. The van der Waals surface area contributed by atoms with Gasteiger partial charge in [-0.2, -0.15) is 31.6 Å². The Bertz CT molecular complexity index is 3460. The van der Waals surface area contributed by atoms with Crippen LogP contribution in [-0.2, 0) is 17.1 Å². The first-order valence-electron chi connectivity index (χ1n) is 28.3. The summed E-state index contributed by atoms with van der Waals surface area (Å²) in [6.07, 6.45) is -0.717. The van der Waals surface area contributed by atoms with Gasteiger partial charge in [-0.15, -0.1) is 0 Å². The molecule has 2 aliphatic rings. The molecule has 0 atom stereocenters. The average molecular weight is 1240 g/mol. The van der Waals surface area contributed by atoms with Crippen LogP contribution >= 0.6 is 0 Å². The van der Waals surface area contributed by atoms with Gasteiger partial charge >= 0.3 is 12.4 Å².